The molecule has 2 heteroatoms. The van der Waals surface area contributed by atoms with Crippen LogP contribution in [0, 0.1) is 5.92 Å². The fraction of sp³-hybridized carbons (Fsp3) is 0.875. The molecule has 0 aromatic carbocycles. The minimum atomic E-state index is -0.437. The summed E-state index contributed by atoms with van der Waals surface area (Å²) in [6.07, 6.45) is 3.24. The lowest BCUT2D eigenvalue weighted by molar-refractivity contribution is -0.127. The van der Waals surface area contributed by atoms with Crippen molar-refractivity contribution in [3.05, 3.63) is 0 Å². The first-order valence-electron chi connectivity index (χ1n) is 3.92. The second-order valence-corrected chi connectivity index (χ2v) is 3.06. The first-order chi connectivity index (χ1) is 4.72. The molecule has 2 nitrogen and oxygen atoms in total. The van der Waals surface area contributed by atoms with E-state index in [1.165, 1.54) is 0 Å². The van der Waals surface area contributed by atoms with E-state index in [9.17, 15) is 4.79 Å². The van der Waals surface area contributed by atoms with Gasteiger partial charge in [-0.1, -0.05) is 6.42 Å². The molecule has 0 spiro atoms. The Hall–Kier alpha value is -0.370. The average Bonchev–Trinajstić information content (AvgIpc) is 1.88. The van der Waals surface area contributed by atoms with Gasteiger partial charge in [0.2, 0.25) is 0 Å². The van der Waals surface area contributed by atoms with E-state index in [1.54, 1.807) is 6.92 Å². The molecule has 1 aliphatic rings. The Labute approximate surface area is 61.2 Å². The van der Waals surface area contributed by atoms with Crippen LogP contribution in [0.25, 0.3) is 0 Å². The summed E-state index contributed by atoms with van der Waals surface area (Å²) in [5.74, 6) is 0.190. The van der Waals surface area contributed by atoms with Crippen molar-refractivity contribution >= 4 is 5.78 Å². The molecular weight excluding hydrogens is 128 g/mol. The van der Waals surface area contributed by atoms with Crippen LogP contribution in [0.5, 0.6) is 0 Å². The highest BCUT2D eigenvalue weighted by atomic mass is 16.3. The Morgan fingerprint density at radius 2 is 2.30 bits per heavy atom. The van der Waals surface area contributed by atoms with E-state index in [0.717, 1.165) is 19.3 Å². The van der Waals surface area contributed by atoms with Crippen LogP contribution in [0.2, 0.25) is 0 Å². The van der Waals surface area contributed by atoms with Gasteiger partial charge < -0.3 is 5.11 Å². The molecule has 58 valence electrons. The van der Waals surface area contributed by atoms with E-state index in [4.69, 9.17) is 5.11 Å². The molecule has 1 fully saturated rings. The first kappa shape index (κ1) is 7.73. The maximum atomic E-state index is 11.1. The topological polar surface area (TPSA) is 37.3 Å². The highest BCUT2D eigenvalue weighted by Crippen LogP contribution is 2.22. The minimum Gasteiger partial charge on any atom is -0.393 e. The van der Waals surface area contributed by atoms with Gasteiger partial charge in [-0.3, -0.25) is 4.79 Å². The van der Waals surface area contributed by atoms with Crippen molar-refractivity contribution < 1.29 is 9.90 Å². The highest BCUT2D eigenvalue weighted by Gasteiger charge is 2.25. The van der Waals surface area contributed by atoms with Crippen LogP contribution in [0.15, 0.2) is 0 Å². The third-order valence-electron chi connectivity index (χ3n) is 2.18. The SMILES string of the molecule is C[C@H](O)[C@H]1CCCCC1=O. The summed E-state index contributed by atoms with van der Waals surface area (Å²) in [4.78, 5) is 11.1. The van der Waals surface area contributed by atoms with Crippen molar-refractivity contribution in [2.24, 2.45) is 5.92 Å². The van der Waals surface area contributed by atoms with Crippen LogP contribution in [-0.4, -0.2) is 17.0 Å². The Bertz CT molecular complexity index is 129. The molecule has 1 N–H and O–H groups in total. The van der Waals surface area contributed by atoms with Crippen LogP contribution < -0.4 is 0 Å². The quantitative estimate of drug-likeness (QED) is 0.595. The van der Waals surface area contributed by atoms with Crippen molar-refractivity contribution in [2.45, 2.75) is 38.7 Å². The van der Waals surface area contributed by atoms with Crippen LogP contribution in [0.4, 0.5) is 0 Å². The van der Waals surface area contributed by atoms with E-state index >= 15 is 0 Å². The molecule has 0 unspecified atom stereocenters. The van der Waals surface area contributed by atoms with Gasteiger partial charge in [-0.05, 0) is 19.8 Å². The monoisotopic (exact) mass is 142 g/mol. The first-order valence-corrected chi connectivity index (χ1v) is 3.92. The molecule has 0 radical (unpaired) electrons. The van der Waals surface area contributed by atoms with Gasteiger partial charge in [-0.2, -0.15) is 0 Å². The van der Waals surface area contributed by atoms with E-state index < -0.39 is 6.10 Å². The molecule has 1 rings (SSSR count). The largest absolute Gasteiger partial charge is 0.393 e. The van der Waals surface area contributed by atoms with Gasteiger partial charge in [0.15, 0.2) is 0 Å². The number of hydrogen-bond acceptors (Lipinski definition) is 2. The third-order valence-corrected chi connectivity index (χ3v) is 2.18. The third kappa shape index (κ3) is 1.57. The van der Waals surface area contributed by atoms with Gasteiger partial charge in [0.05, 0.1) is 6.10 Å². The molecule has 0 bridgehead atoms. The van der Waals surface area contributed by atoms with Crippen LogP contribution in [0.1, 0.15) is 32.6 Å². The molecule has 1 aliphatic carbocycles. The highest BCUT2D eigenvalue weighted by molar-refractivity contribution is 5.82. The summed E-state index contributed by atoms with van der Waals surface area (Å²) >= 11 is 0. The van der Waals surface area contributed by atoms with E-state index in [2.05, 4.69) is 0 Å². The van der Waals surface area contributed by atoms with Crippen molar-refractivity contribution in [1.29, 1.82) is 0 Å². The number of aliphatic hydroxyl groups is 1. The fourth-order valence-electron chi connectivity index (χ4n) is 1.52. The normalized spacial score (nSPS) is 30.2. The van der Waals surface area contributed by atoms with Gasteiger partial charge in [-0.25, -0.2) is 0 Å². The maximum Gasteiger partial charge on any atom is 0.138 e. The van der Waals surface area contributed by atoms with Crippen LogP contribution >= 0.6 is 0 Å². The van der Waals surface area contributed by atoms with Crippen LogP contribution in [0.3, 0.4) is 0 Å². The molecule has 0 aromatic heterocycles. The predicted octanol–water partition coefficient (Wildman–Crippen LogP) is 1.13. The summed E-state index contributed by atoms with van der Waals surface area (Å²) in [5.41, 5.74) is 0. The molecule has 2 atom stereocenters. The van der Waals surface area contributed by atoms with E-state index in [1.807, 2.05) is 0 Å². The summed E-state index contributed by atoms with van der Waals surface area (Å²) < 4.78 is 0. The Balaban J connectivity index is 2.48. The zero-order chi connectivity index (χ0) is 7.56. The zero-order valence-electron chi connectivity index (χ0n) is 6.34. The number of hydrogen-bond donors (Lipinski definition) is 1. The van der Waals surface area contributed by atoms with Gasteiger partial charge in [0, 0.05) is 12.3 Å². The van der Waals surface area contributed by atoms with Gasteiger partial charge in [0.25, 0.3) is 0 Å². The maximum absolute atomic E-state index is 11.1. The molecule has 0 amide bonds. The molecule has 0 saturated heterocycles. The second-order valence-electron chi connectivity index (χ2n) is 3.06. The zero-order valence-corrected chi connectivity index (χ0v) is 6.34. The Morgan fingerprint density at radius 3 is 2.70 bits per heavy atom. The van der Waals surface area contributed by atoms with E-state index in [0.29, 0.717) is 6.42 Å². The van der Waals surface area contributed by atoms with Crippen LogP contribution in [-0.2, 0) is 4.79 Å². The van der Waals surface area contributed by atoms with Crippen molar-refractivity contribution in [2.75, 3.05) is 0 Å². The molecule has 0 aliphatic heterocycles. The smallest absolute Gasteiger partial charge is 0.138 e. The standard InChI is InChI=1S/C8H14O2/c1-6(9)7-4-2-3-5-8(7)10/h6-7,9H,2-5H2,1H3/t6-,7+/m0/s1. The average molecular weight is 142 g/mol. The summed E-state index contributed by atoms with van der Waals surface area (Å²) in [7, 11) is 0. The number of Topliss-reactive ketones (excluding diaryl/α,β-unsaturated/α-hetero) is 1. The van der Waals surface area contributed by atoms with Crippen molar-refractivity contribution in [1.82, 2.24) is 0 Å². The summed E-state index contributed by atoms with van der Waals surface area (Å²) in [6, 6.07) is 0. The minimum absolute atomic E-state index is 0.0613. The van der Waals surface area contributed by atoms with E-state index in [-0.39, 0.29) is 11.7 Å². The Kier molecular flexibility index (Phi) is 2.44. The van der Waals surface area contributed by atoms with Crippen molar-refractivity contribution in [3.63, 3.8) is 0 Å². The molecular formula is C8H14O2. The predicted molar refractivity (Wildman–Crippen MR) is 38.6 cm³/mol. The number of carbonyl (C=O) groups excluding carboxylic acids is 1. The second kappa shape index (κ2) is 3.15. The van der Waals surface area contributed by atoms with Crippen molar-refractivity contribution in [3.8, 4) is 0 Å². The fourth-order valence-corrected chi connectivity index (χ4v) is 1.52. The van der Waals surface area contributed by atoms with Gasteiger partial charge >= 0.3 is 0 Å². The molecule has 0 heterocycles. The van der Waals surface area contributed by atoms with Gasteiger partial charge in [-0.15, -0.1) is 0 Å². The number of ketones is 1. The molecule has 0 aromatic rings. The lowest BCUT2D eigenvalue weighted by Crippen LogP contribution is -2.28. The number of carbonyl (C=O) groups is 1. The lowest BCUT2D eigenvalue weighted by atomic mass is 9.85. The molecule has 1 saturated carbocycles. The summed E-state index contributed by atoms with van der Waals surface area (Å²) in [6.45, 7) is 1.70. The molecule has 10 heavy (non-hydrogen) atoms. The number of rotatable bonds is 1. The number of aliphatic hydroxyl groups excluding tert-OH is 1. The lowest BCUT2D eigenvalue weighted by Gasteiger charge is -2.22. The Morgan fingerprint density at radius 1 is 1.60 bits per heavy atom. The summed E-state index contributed by atoms with van der Waals surface area (Å²) in [5, 5.41) is 9.13. The van der Waals surface area contributed by atoms with Gasteiger partial charge in [0.1, 0.15) is 5.78 Å².